The van der Waals surface area contributed by atoms with E-state index < -0.39 is 5.91 Å². The summed E-state index contributed by atoms with van der Waals surface area (Å²) in [5, 5.41) is 12.1. The van der Waals surface area contributed by atoms with E-state index in [1.807, 2.05) is 54.6 Å². The zero-order chi connectivity index (χ0) is 19.1. The molecule has 5 nitrogen and oxygen atoms in total. The molecule has 134 valence electrons. The molecular weight excluding hydrogens is 336 g/mol. The van der Waals surface area contributed by atoms with Crippen LogP contribution in [-0.2, 0) is 11.2 Å². The van der Waals surface area contributed by atoms with Crippen molar-refractivity contribution < 1.29 is 4.79 Å². The average Bonchev–Trinajstić information content (AvgIpc) is 2.71. The van der Waals surface area contributed by atoms with Crippen molar-refractivity contribution in [2.45, 2.75) is 26.2 Å². The molecule has 0 radical (unpaired) electrons. The Labute approximate surface area is 158 Å². The third-order valence-corrected chi connectivity index (χ3v) is 4.16. The van der Waals surface area contributed by atoms with Crippen LogP contribution in [0, 0.1) is 11.3 Å². The number of nitriles is 1. The molecule has 0 spiro atoms. The molecule has 5 heteroatoms. The Bertz CT molecular complexity index is 1020. The Morgan fingerprint density at radius 2 is 1.89 bits per heavy atom. The van der Waals surface area contributed by atoms with Gasteiger partial charge in [-0.3, -0.25) is 9.78 Å². The van der Waals surface area contributed by atoms with Gasteiger partial charge in [0.2, 0.25) is 0 Å². The van der Waals surface area contributed by atoms with Crippen LogP contribution >= 0.6 is 0 Å². The molecule has 27 heavy (non-hydrogen) atoms. The molecular formula is C22H20N4O. The van der Waals surface area contributed by atoms with Gasteiger partial charge in [-0.05, 0) is 48.7 Å². The molecule has 3 aromatic rings. The van der Waals surface area contributed by atoms with Gasteiger partial charge in [0.1, 0.15) is 11.6 Å². The van der Waals surface area contributed by atoms with Crippen LogP contribution < -0.4 is 5.32 Å². The van der Waals surface area contributed by atoms with E-state index in [1.165, 1.54) is 11.6 Å². The number of unbranched alkanes of at least 4 members (excludes halogenated alkanes) is 1. The van der Waals surface area contributed by atoms with Crippen LogP contribution in [0.3, 0.4) is 0 Å². The lowest BCUT2D eigenvalue weighted by atomic mass is 10.1. The SMILES string of the molecule is CCCCc1ccc(NC(=O)/C(C#N)=C/c2cnc3ccccc3n2)cc1. The number of hydrogen-bond donors (Lipinski definition) is 1. The Kier molecular flexibility index (Phi) is 5.91. The predicted molar refractivity (Wildman–Crippen MR) is 107 cm³/mol. The monoisotopic (exact) mass is 356 g/mol. The molecule has 3 rings (SSSR count). The van der Waals surface area contributed by atoms with Gasteiger partial charge in [-0.1, -0.05) is 37.6 Å². The minimum Gasteiger partial charge on any atom is -0.321 e. The summed E-state index contributed by atoms with van der Waals surface area (Å²) in [7, 11) is 0. The zero-order valence-electron chi connectivity index (χ0n) is 15.1. The molecule has 0 saturated carbocycles. The van der Waals surface area contributed by atoms with E-state index in [9.17, 15) is 10.1 Å². The first-order valence-electron chi connectivity index (χ1n) is 8.93. The first-order valence-corrected chi connectivity index (χ1v) is 8.93. The van der Waals surface area contributed by atoms with Crippen LogP contribution in [0.2, 0.25) is 0 Å². The number of rotatable bonds is 6. The number of carbonyl (C=O) groups is 1. The normalized spacial score (nSPS) is 11.2. The summed E-state index contributed by atoms with van der Waals surface area (Å²) in [6.07, 6.45) is 6.31. The molecule has 0 aliphatic heterocycles. The topological polar surface area (TPSA) is 78.7 Å². The molecule has 0 saturated heterocycles. The van der Waals surface area contributed by atoms with E-state index in [2.05, 4.69) is 22.2 Å². The van der Waals surface area contributed by atoms with Crippen molar-refractivity contribution in [3.63, 3.8) is 0 Å². The Morgan fingerprint density at radius 3 is 2.59 bits per heavy atom. The number of carbonyl (C=O) groups excluding carboxylic acids is 1. The van der Waals surface area contributed by atoms with Crippen LogP contribution in [0.5, 0.6) is 0 Å². The van der Waals surface area contributed by atoms with Gasteiger partial charge in [0, 0.05) is 5.69 Å². The molecule has 0 bridgehead atoms. The van der Waals surface area contributed by atoms with Crippen LogP contribution in [0.1, 0.15) is 31.0 Å². The maximum absolute atomic E-state index is 12.4. The number of nitrogens with zero attached hydrogens (tertiary/aromatic N) is 3. The van der Waals surface area contributed by atoms with Crippen molar-refractivity contribution >= 4 is 28.7 Å². The number of para-hydroxylation sites is 2. The van der Waals surface area contributed by atoms with Crippen molar-refractivity contribution in [1.29, 1.82) is 5.26 Å². The minimum absolute atomic E-state index is 0.0189. The lowest BCUT2D eigenvalue weighted by Crippen LogP contribution is -2.13. The fraction of sp³-hybridized carbons (Fsp3) is 0.182. The quantitative estimate of drug-likeness (QED) is 0.520. The second-order valence-electron chi connectivity index (χ2n) is 6.21. The van der Waals surface area contributed by atoms with Crippen LogP contribution in [-0.4, -0.2) is 15.9 Å². The van der Waals surface area contributed by atoms with Crippen molar-refractivity contribution in [1.82, 2.24) is 9.97 Å². The van der Waals surface area contributed by atoms with Gasteiger partial charge < -0.3 is 5.32 Å². The summed E-state index contributed by atoms with van der Waals surface area (Å²) in [6.45, 7) is 2.16. The smallest absolute Gasteiger partial charge is 0.266 e. The van der Waals surface area contributed by atoms with Gasteiger partial charge in [-0.2, -0.15) is 5.26 Å². The molecule has 1 N–H and O–H groups in total. The van der Waals surface area contributed by atoms with Gasteiger partial charge in [-0.15, -0.1) is 0 Å². The van der Waals surface area contributed by atoms with E-state index in [4.69, 9.17) is 0 Å². The van der Waals surface area contributed by atoms with Crippen LogP contribution in [0.15, 0.2) is 60.3 Å². The van der Waals surface area contributed by atoms with Crippen LogP contribution in [0.25, 0.3) is 17.1 Å². The lowest BCUT2D eigenvalue weighted by molar-refractivity contribution is -0.112. The number of nitrogens with one attached hydrogen (secondary N) is 1. The van der Waals surface area contributed by atoms with Gasteiger partial charge in [0.15, 0.2) is 0 Å². The lowest BCUT2D eigenvalue weighted by Gasteiger charge is -2.06. The van der Waals surface area contributed by atoms with Crippen molar-refractivity contribution in [2.24, 2.45) is 0 Å². The largest absolute Gasteiger partial charge is 0.321 e. The number of aryl methyl sites for hydroxylation is 1. The van der Waals surface area contributed by atoms with E-state index in [1.54, 1.807) is 6.20 Å². The maximum atomic E-state index is 12.4. The Morgan fingerprint density at radius 1 is 1.15 bits per heavy atom. The number of fused-ring (bicyclic) bond motifs is 1. The molecule has 0 fully saturated rings. The van der Waals surface area contributed by atoms with Gasteiger partial charge in [-0.25, -0.2) is 4.98 Å². The van der Waals surface area contributed by atoms with Crippen molar-refractivity contribution in [3.05, 3.63) is 71.6 Å². The van der Waals surface area contributed by atoms with Crippen molar-refractivity contribution in [3.8, 4) is 6.07 Å². The van der Waals surface area contributed by atoms with E-state index in [0.717, 1.165) is 24.8 Å². The summed E-state index contributed by atoms with van der Waals surface area (Å²) < 4.78 is 0. The number of benzene rings is 2. The highest BCUT2D eigenvalue weighted by molar-refractivity contribution is 6.09. The fourth-order valence-corrected chi connectivity index (χ4v) is 2.67. The van der Waals surface area contributed by atoms with Crippen molar-refractivity contribution in [2.75, 3.05) is 5.32 Å². The second kappa shape index (κ2) is 8.72. The molecule has 0 unspecified atom stereocenters. The Balaban J connectivity index is 1.74. The Hall–Kier alpha value is -3.52. The van der Waals surface area contributed by atoms with Gasteiger partial charge in [0.05, 0.1) is 22.9 Å². The summed E-state index contributed by atoms with van der Waals surface area (Å²) in [6, 6.07) is 17.1. The highest BCUT2D eigenvalue weighted by atomic mass is 16.1. The highest BCUT2D eigenvalue weighted by Gasteiger charge is 2.10. The zero-order valence-corrected chi connectivity index (χ0v) is 15.1. The number of aromatic nitrogens is 2. The first kappa shape index (κ1) is 18.3. The maximum Gasteiger partial charge on any atom is 0.266 e. The predicted octanol–water partition coefficient (Wildman–Crippen LogP) is 4.52. The standard InChI is InChI=1S/C22H20N4O/c1-2-3-6-16-9-11-18(12-10-16)26-22(27)17(14-23)13-19-15-24-20-7-4-5-8-21(20)25-19/h4-5,7-13,15H,2-3,6H2,1H3,(H,26,27)/b17-13+. The number of hydrogen-bond acceptors (Lipinski definition) is 4. The molecule has 1 amide bonds. The molecule has 1 heterocycles. The number of anilines is 1. The number of amides is 1. The summed E-state index contributed by atoms with van der Waals surface area (Å²) in [5.41, 5.74) is 3.82. The second-order valence-corrected chi connectivity index (χ2v) is 6.21. The fourth-order valence-electron chi connectivity index (χ4n) is 2.67. The first-order chi connectivity index (χ1) is 13.2. The van der Waals surface area contributed by atoms with E-state index >= 15 is 0 Å². The molecule has 0 atom stereocenters. The highest BCUT2D eigenvalue weighted by Crippen LogP contribution is 2.14. The third-order valence-electron chi connectivity index (χ3n) is 4.16. The molecule has 1 aromatic heterocycles. The van der Waals surface area contributed by atoms with E-state index in [-0.39, 0.29) is 5.57 Å². The third kappa shape index (κ3) is 4.77. The van der Waals surface area contributed by atoms with E-state index in [0.29, 0.717) is 16.9 Å². The molecule has 0 aliphatic carbocycles. The molecule has 2 aromatic carbocycles. The minimum atomic E-state index is -0.464. The summed E-state index contributed by atoms with van der Waals surface area (Å²) >= 11 is 0. The van der Waals surface area contributed by atoms with Crippen LogP contribution in [0.4, 0.5) is 5.69 Å². The average molecular weight is 356 g/mol. The van der Waals surface area contributed by atoms with Gasteiger partial charge in [0.25, 0.3) is 5.91 Å². The summed E-state index contributed by atoms with van der Waals surface area (Å²) in [4.78, 5) is 21.1. The van der Waals surface area contributed by atoms with Gasteiger partial charge >= 0.3 is 0 Å². The summed E-state index contributed by atoms with van der Waals surface area (Å²) in [5.74, 6) is -0.464. The molecule has 0 aliphatic rings.